The second-order valence-electron chi connectivity index (χ2n) is 6.84. The summed E-state index contributed by atoms with van der Waals surface area (Å²) in [4.78, 5) is 20.6. The third-order valence-corrected chi connectivity index (χ3v) is 5.10. The molecular weight excluding hydrogens is 382 g/mol. The molecule has 1 fully saturated rings. The second-order valence-corrected chi connectivity index (χ2v) is 6.84. The summed E-state index contributed by atoms with van der Waals surface area (Å²) in [7, 11) is 3.21. The minimum atomic E-state index is -0.0369. The Kier molecular flexibility index (Phi) is 5.74. The molecule has 0 saturated carbocycles. The Morgan fingerprint density at radius 2 is 1.70 bits per heavy atom. The largest absolute Gasteiger partial charge is 0.493 e. The molecule has 0 spiro atoms. The van der Waals surface area contributed by atoms with Crippen LogP contribution in [-0.2, 0) is 0 Å². The van der Waals surface area contributed by atoms with E-state index in [1.807, 2.05) is 41.3 Å². The van der Waals surface area contributed by atoms with Crippen molar-refractivity contribution in [3.8, 4) is 22.8 Å². The third kappa shape index (κ3) is 4.03. The monoisotopic (exact) mass is 405 g/mol. The van der Waals surface area contributed by atoms with Crippen LogP contribution in [0, 0.1) is 0 Å². The molecule has 1 aromatic carbocycles. The number of rotatable bonds is 5. The summed E-state index contributed by atoms with van der Waals surface area (Å²) in [5.74, 6) is 2.08. The van der Waals surface area contributed by atoms with E-state index in [1.165, 1.54) is 0 Å². The average molecular weight is 405 g/mol. The standard InChI is InChI=1S/C22H23N5O3/c1-29-19-8-6-16(15-20(19)30-2)17-7-9-21(25-24-17)26-11-13-27(14-12-26)22(28)18-5-3-4-10-23-18/h3-10,15H,11-14H2,1-2H3. The summed E-state index contributed by atoms with van der Waals surface area (Å²) >= 11 is 0. The highest BCUT2D eigenvalue weighted by atomic mass is 16.5. The van der Waals surface area contributed by atoms with Gasteiger partial charge in [-0.15, -0.1) is 10.2 Å². The number of pyridine rings is 1. The van der Waals surface area contributed by atoms with Gasteiger partial charge in [-0.1, -0.05) is 6.07 Å². The lowest BCUT2D eigenvalue weighted by atomic mass is 10.1. The molecule has 154 valence electrons. The number of hydrogen-bond donors (Lipinski definition) is 0. The molecule has 1 aliphatic heterocycles. The Morgan fingerprint density at radius 3 is 2.33 bits per heavy atom. The van der Waals surface area contributed by atoms with Crippen molar-refractivity contribution in [3.05, 3.63) is 60.4 Å². The lowest BCUT2D eigenvalue weighted by molar-refractivity contribution is 0.0740. The van der Waals surface area contributed by atoms with E-state index in [2.05, 4.69) is 20.1 Å². The average Bonchev–Trinajstić information content (AvgIpc) is 2.84. The topological polar surface area (TPSA) is 80.7 Å². The molecule has 1 aliphatic rings. The number of hydrogen-bond acceptors (Lipinski definition) is 7. The van der Waals surface area contributed by atoms with Crippen LogP contribution in [0.15, 0.2) is 54.7 Å². The van der Waals surface area contributed by atoms with E-state index in [0.29, 0.717) is 43.4 Å². The van der Waals surface area contributed by atoms with Gasteiger partial charge in [0.2, 0.25) is 0 Å². The van der Waals surface area contributed by atoms with Crippen molar-refractivity contribution in [2.24, 2.45) is 0 Å². The van der Waals surface area contributed by atoms with Crippen LogP contribution in [0.4, 0.5) is 5.82 Å². The number of amides is 1. The summed E-state index contributed by atoms with van der Waals surface area (Å²) in [5, 5.41) is 8.77. The summed E-state index contributed by atoms with van der Waals surface area (Å²) in [5.41, 5.74) is 2.13. The van der Waals surface area contributed by atoms with Gasteiger partial charge in [0.05, 0.1) is 19.9 Å². The summed E-state index contributed by atoms with van der Waals surface area (Å²) < 4.78 is 10.6. The van der Waals surface area contributed by atoms with Crippen LogP contribution >= 0.6 is 0 Å². The quantitative estimate of drug-likeness (QED) is 0.645. The van der Waals surface area contributed by atoms with Crippen LogP contribution < -0.4 is 14.4 Å². The third-order valence-electron chi connectivity index (χ3n) is 5.10. The number of anilines is 1. The molecule has 0 N–H and O–H groups in total. The smallest absolute Gasteiger partial charge is 0.272 e. The fourth-order valence-electron chi connectivity index (χ4n) is 3.43. The highest BCUT2D eigenvalue weighted by Crippen LogP contribution is 2.31. The van der Waals surface area contributed by atoms with Gasteiger partial charge in [0.25, 0.3) is 5.91 Å². The first-order valence-electron chi connectivity index (χ1n) is 9.71. The zero-order valence-electron chi connectivity index (χ0n) is 17.0. The lowest BCUT2D eigenvalue weighted by Gasteiger charge is -2.35. The highest BCUT2D eigenvalue weighted by Gasteiger charge is 2.23. The van der Waals surface area contributed by atoms with E-state index in [1.54, 1.807) is 32.5 Å². The van der Waals surface area contributed by atoms with Crippen molar-refractivity contribution in [2.45, 2.75) is 0 Å². The van der Waals surface area contributed by atoms with Crippen LogP contribution in [0.3, 0.4) is 0 Å². The molecule has 4 rings (SSSR count). The number of ether oxygens (including phenoxy) is 2. The normalized spacial score (nSPS) is 13.8. The molecule has 2 aromatic heterocycles. The Balaban J connectivity index is 1.41. The molecule has 3 aromatic rings. The van der Waals surface area contributed by atoms with Crippen molar-refractivity contribution in [1.29, 1.82) is 0 Å². The van der Waals surface area contributed by atoms with Crippen molar-refractivity contribution in [2.75, 3.05) is 45.3 Å². The van der Waals surface area contributed by atoms with Crippen LogP contribution in [-0.4, -0.2) is 66.4 Å². The molecule has 1 saturated heterocycles. The molecule has 3 heterocycles. The van der Waals surface area contributed by atoms with E-state index in [9.17, 15) is 4.79 Å². The molecule has 0 radical (unpaired) electrons. The zero-order chi connectivity index (χ0) is 20.9. The molecule has 0 aliphatic carbocycles. The van der Waals surface area contributed by atoms with Crippen molar-refractivity contribution in [1.82, 2.24) is 20.1 Å². The van der Waals surface area contributed by atoms with Crippen LogP contribution in [0.2, 0.25) is 0 Å². The minimum Gasteiger partial charge on any atom is -0.493 e. The van der Waals surface area contributed by atoms with E-state index in [-0.39, 0.29) is 5.91 Å². The van der Waals surface area contributed by atoms with Gasteiger partial charge in [0, 0.05) is 37.9 Å². The SMILES string of the molecule is COc1ccc(-c2ccc(N3CCN(C(=O)c4ccccn4)CC3)nn2)cc1OC. The van der Waals surface area contributed by atoms with Crippen molar-refractivity contribution < 1.29 is 14.3 Å². The predicted molar refractivity (Wildman–Crippen MR) is 113 cm³/mol. The molecule has 8 nitrogen and oxygen atoms in total. The fourth-order valence-corrected chi connectivity index (χ4v) is 3.43. The molecule has 0 bridgehead atoms. The molecule has 0 atom stereocenters. The van der Waals surface area contributed by atoms with Gasteiger partial charge in [-0.25, -0.2) is 0 Å². The van der Waals surface area contributed by atoms with Crippen LogP contribution in [0.25, 0.3) is 11.3 Å². The van der Waals surface area contributed by atoms with Gasteiger partial charge in [-0.2, -0.15) is 0 Å². The zero-order valence-corrected chi connectivity index (χ0v) is 17.0. The molecule has 30 heavy (non-hydrogen) atoms. The Bertz CT molecular complexity index is 1000. The van der Waals surface area contributed by atoms with Crippen LogP contribution in [0.5, 0.6) is 11.5 Å². The van der Waals surface area contributed by atoms with Crippen molar-refractivity contribution in [3.63, 3.8) is 0 Å². The molecule has 1 amide bonds. The van der Waals surface area contributed by atoms with E-state index in [4.69, 9.17) is 9.47 Å². The number of aromatic nitrogens is 3. The maximum absolute atomic E-state index is 12.5. The van der Waals surface area contributed by atoms with Gasteiger partial charge in [-0.3, -0.25) is 9.78 Å². The molecular formula is C22H23N5O3. The number of carbonyl (C=O) groups excluding carboxylic acids is 1. The first-order chi connectivity index (χ1) is 14.7. The summed E-state index contributed by atoms with van der Waals surface area (Å²) in [6.45, 7) is 2.63. The van der Waals surface area contributed by atoms with E-state index < -0.39 is 0 Å². The number of piperazine rings is 1. The van der Waals surface area contributed by atoms with Gasteiger partial charge < -0.3 is 19.3 Å². The maximum atomic E-state index is 12.5. The Labute approximate surface area is 175 Å². The van der Waals surface area contributed by atoms with Crippen LogP contribution in [0.1, 0.15) is 10.5 Å². The summed E-state index contributed by atoms with van der Waals surface area (Å²) in [6.07, 6.45) is 1.64. The number of benzene rings is 1. The second kappa shape index (κ2) is 8.77. The number of methoxy groups -OCH3 is 2. The Hall–Kier alpha value is -3.68. The fraction of sp³-hybridized carbons (Fsp3) is 0.273. The summed E-state index contributed by atoms with van der Waals surface area (Å²) in [6, 6.07) is 14.9. The van der Waals surface area contributed by atoms with E-state index in [0.717, 1.165) is 17.1 Å². The van der Waals surface area contributed by atoms with Gasteiger partial charge in [0.1, 0.15) is 5.69 Å². The Morgan fingerprint density at radius 1 is 0.900 bits per heavy atom. The maximum Gasteiger partial charge on any atom is 0.272 e. The molecule has 0 unspecified atom stereocenters. The lowest BCUT2D eigenvalue weighted by Crippen LogP contribution is -2.49. The molecule has 8 heteroatoms. The first-order valence-corrected chi connectivity index (χ1v) is 9.71. The van der Waals surface area contributed by atoms with E-state index >= 15 is 0 Å². The minimum absolute atomic E-state index is 0.0369. The van der Waals surface area contributed by atoms with Gasteiger partial charge in [-0.05, 0) is 42.5 Å². The van der Waals surface area contributed by atoms with Gasteiger partial charge in [0.15, 0.2) is 17.3 Å². The number of nitrogens with zero attached hydrogens (tertiary/aromatic N) is 5. The van der Waals surface area contributed by atoms with Gasteiger partial charge >= 0.3 is 0 Å². The highest BCUT2D eigenvalue weighted by molar-refractivity contribution is 5.92. The number of carbonyl (C=O) groups is 1. The first kappa shape index (κ1) is 19.6. The van der Waals surface area contributed by atoms with Crippen molar-refractivity contribution >= 4 is 11.7 Å². The predicted octanol–water partition coefficient (Wildman–Crippen LogP) is 2.52.